The van der Waals surface area contributed by atoms with Gasteiger partial charge in [-0.15, -0.1) is 0 Å². The minimum Gasteiger partial charge on any atom is -0.456 e. The minimum absolute atomic E-state index is 0.835. The Hall–Kier alpha value is -6.65. The summed E-state index contributed by atoms with van der Waals surface area (Å²) in [6, 6.07) is 57.2. The van der Waals surface area contributed by atoms with E-state index in [0.29, 0.717) is 0 Å². The number of hydrogen-bond acceptors (Lipinski definition) is 4. The van der Waals surface area contributed by atoms with Crippen LogP contribution in [-0.2, 0) is 0 Å². The normalized spacial score (nSPS) is 11.7. The molecule has 0 bridgehead atoms. The lowest BCUT2D eigenvalue weighted by molar-refractivity contribution is 0.668. The molecule has 0 fully saturated rings. The molecule has 0 saturated carbocycles. The van der Waals surface area contributed by atoms with Gasteiger partial charge < -0.3 is 13.7 Å². The molecule has 230 valence electrons. The van der Waals surface area contributed by atoms with Gasteiger partial charge in [-0.3, -0.25) is 4.98 Å². The molecule has 10 rings (SSSR count). The zero-order valence-electron chi connectivity index (χ0n) is 26.4. The number of rotatable bonds is 5. The van der Waals surface area contributed by atoms with Crippen molar-refractivity contribution in [3.05, 3.63) is 170 Å². The van der Waals surface area contributed by atoms with Crippen LogP contribution >= 0.6 is 0 Å². The molecule has 4 nitrogen and oxygen atoms in total. The number of aromatic nitrogens is 1. The van der Waals surface area contributed by atoms with Crippen LogP contribution in [0.1, 0.15) is 0 Å². The second-order valence-corrected chi connectivity index (χ2v) is 12.4. The standard InChI is InChI=1S/C45H28N2O2/c1-2-10-35-29(8-1)9-7-13-36(35)30-16-20-32(21-17-30)47(34-24-25-39-37-11-3-5-14-42(37)48-44(39)26-34)33-22-18-31(19-23-33)41-27-45-40(28-46-41)38-12-4-6-15-43(38)49-45/h1-28H. The van der Waals surface area contributed by atoms with Gasteiger partial charge in [0, 0.05) is 62.5 Å². The Morgan fingerprint density at radius 2 is 0.939 bits per heavy atom. The number of hydrogen-bond donors (Lipinski definition) is 0. The molecule has 10 aromatic rings. The van der Waals surface area contributed by atoms with Gasteiger partial charge in [-0.2, -0.15) is 0 Å². The van der Waals surface area contributed by atoms with E-state index >= 15 is 0 Å². The summed E-state index contributed by atoms with van der Waals surface area (Å²) in [5, 5.41) is 6.81. The maximum Gasteiger partial charge on any atom is 0.139 e. The van der Waals surface area contributed by atoms with Crippen LogP contribution in [0.25, 0.3) is 77.0 Å². The first kappa shape index (κ1) is 27.5. The van der Waals surface area contributed by atoms with Gasteiger partial charge in [-0.1, -0.05) is 103 Å². The van der Waals surface area contributed by atoms with E-state index < -0.39 is 0 Å². The van der Waals surface area contributed by atoms with Gasteiger partial charge in [0.05, 0.1) is 5.69 Å². The number of pyridine rings is 1. The summed E-state index contributed by atoms with van der Waals surface area (Å²) in [6.45, 7) is 0. The SMILES string of the molecule is c1ccc2c(-c3ccc(N(c4ccc(-c5cc6oc7ccccc7c6cn5)cc4)c4ccc5c(c4)oc4ccccc45)cc3)cccc2c1. The fraction of sp³-hybridized carbons (Fsp3) is 0. The highest BCUT2D eigenvalue weighted by molar-refractivity contribution is 6.07. The molecule has 0 amide bonds. The van der Waals surface area contributed by atoms with Gasteiger partial charge in [0.25, 0.3) is 0 Å². The number of nitrogens with zero attached hydrogens (tertiary/aromatic N) is 2. The summed E-state index contributed by atoms with van der Waals surface area (Å²) >= 11 is 0. The second-order valence-electron chi connectivity index (χ2n) is 12.4. The summed E-state index contributed by atoms with van der Waals surface area (Å²) in [5.74, 6) is 0. The molecular formula is C45H28N2O2. The van der Waals surface area contributed by atoms with Crippen LogP contribution in [-0.4, -0.2) is 4.98 Å². The molecule has 7 aromatic carbocycles. The van der Waals surface area contributed by atoms with E-state index in [1.54, 1.807) is 0 Å². The van der Waals surface area contributed by atoms with Crippen LogP contribution in [0, 0.1) is 0 Å². The molecule has 0 spiro atoms. The number of anilines is 3. The van der Waals surface area contributed by atoms with Crippen molar-refractivity contribution in [3.8, 4) is 22.4 Å². The molecule has 0 unspecified atom stereocenters. The van der Waals surface area contributed by atoms with Crippen LogP contribution in [0.3, 0.4) is 0 Å². The Morgan fingerprint density at radius 1 is 0.388 bits per heavy atom. The average molecular weight is 629 g/mol. The zero-order chi connectivity index (χ0) is 32.3. The van der Waals surface area contributed by atoms with Gasteiger partial charge in [0.1, 0.15) is 22.3 Å². The Balaban J connectivity index is 1.07. The minimum atomic E-state index is 0.835. The Kier molecular flexibility index (Phi) is 6.15. The van der Waals surface area contributed by atoms with Gasteiger partial charge in [0.15, 0.2) is 0 Å². The van der Waals surface area contributed by atoms with Crippen LogP contribution in [0.2, 0.25) is 0 Å². The van der Waals surface area contributed by atoms with Gasteiger partial charge in [-0.05, 0) is 70.4 Å². The number of fused-ring (bicyclic) bond motifs is 7. The predicted octanol–water partition coefficient (Wildman–Crippen LogP) is 12.8. The van der Waals surface area contributed by atoms with Crippen molar-refractivity contribution in [1.82, 2.24) is 4.98 Å². The lowest BCUT2D eigenvalue weighted by Crippen LogP contribution is -2.09. The van der Waals surface area contributed by atoms with Crippen molar-refractivity contribution in [2.45, 2.75) is 0 Å². The lowest BCUT2D eigenvalue weighted by Gasteiger charge is -2.26. The zero-order valence-corrected chi connectivity index (χ0v) is 26.4. The average Bonchev–Trinajstić information content (AvgIpc) is 3.73. The van der Waals surface area contributed by atoms with Crippen LogP contribution in [0.5, 0.6) is 0 Å². The number of benzene rings is 7. The van der Waals surface area contributed by atoms with E-state index in [-0.39, 0.29) is 0 Å². The van der Waals surface area contributed by atoms with Gasteiger partial charge in [0.2, 0.25) is 0 Å². The van der Waals surface area contributed by atoms with Crippen molar-refractivity contribution >= 4 is 71.7 Å². The van der Waals surface area contributed by atoms with Crippen molar-refractivity contribution < 1.29 is 8.83 Å². The lowest BCUT2D eigenvalue weighted by atomic mass is 9.98. The van der Waals surface area contributed by atoms with E-state index in [1.807, 2.05) is 42.6 Å². The fourth-order valence-electron chi connectivity index (χ4n) is 7.13. The predicted molar refractivity (Wildman–Crippen MR) is 202 cm³/mol. The molecule has 3 heterocycles. The Morgan fingerprint density at radius 3 is 1.67 bits per heavy atom. The highest BCUT2D eigenvalue weighted by atomic mass is 16.3. The number of furan rings is 2. The first-order valence-electron chi connectivity index (χ1n) is 16.4. The van der Waals surface area contributed by atoms with Crippen LogP contribution in [0.15, 0.2) is 179 Å². The molecule has 0 aliphatic heterocycles. The molecule has 0 aliphatic carbocycles. The first-order chi connectivity index (χ1) is 24.3. The number of para-hydroxylation sites is 2. The third-order valence-electron chi connectivity index (χ3n) is 9.53. The van der Waals surface area contributed by atoms with E-state index in [2.05, 4.69) is 132 Å². The van der Waals surface area contributed by atoms with Crippen molar-refractivity contribution in [2.75, 3.05) is 4.90 Å². The summed E-state index contributed by atoms with van der Waals surface area (Å²) in [7, 11) is 0. The summed E-state index contributed by atoms with van der Waals surface area (Å²) in [5.41, 5.74) is 10.8. The van der Waals surface area contributed by atoms with E-state index in [4.69, 9.17) is 13.8 Å². The molecule has 0 radical (unpaired) electrons. The van der Waals surface area contributed by atoms with Crippen molar-refractivity contribution in [3.63, 3.8) is 0 Å². The molecular weight excluding hydrogens is 601 g/mol. The molecule has 0 N–H and O–H groups in total. The first-order valence-corrected chi connectivity index (χ1v) is 16.4. The fourth-order valence-corrected chi connectivity index (χ4v) is 7.13. The van der Waals surface area contributed by atoms with Crippen molar-refractivity contribution in [2.24, 2.45) is 0 Å². The molecule has 4 heteroatoms. The summed E-state index contributed by atoms with van der Waals surface area (Å²) < 4.78 is 12.5. The molecule has 0 saturated heterocycles. The highest BCUT2D eigenvalue weighted by Crippen LogP contribution is 2.40. The summed E-state index contributed by atoms with van der Waals surface area (Å²) in [4.78, 5) is 7.10. The van der Waals surface area contributed by atoms with E-state index in [1.165, 1.54) is 21.9 Å². The maximum atomic E-state index is 6.32. The smallest absolute Gasteiger partial charge is 0.139 e. The Labute approximate surface area is 282 Å². The summed E-state index contributed by atoms with van der Waals surface area (Å²) in [6.07, 6.45) is 1.91. The third kappa shape index (κ3) is 4.57. The largest absolute Gasteiger partial charge is 0.456 e. The van der Waals surface area contributed by atoms with Crippen LogP contribution < -0.4 is 4.90 Å². The quantitative estimate of drug-likeness (QED) is 0.190. The molecule has 0 aliphatic rings. The van der Waals surface area contributed by atoms with Gasteiger partial charge in [-0.25, -0.2) is 0 Å². The van der Waals surface area contributed by atoms with Crippen molar-refractivity contribution in [1.29, 1.82) is 0 Å². The molecule has 0 atom stereocenters. The van der Waals surface area contributed by atoms with E-state index in [0.717, 1.165) is 72.2 Å². The third-order valence-corrected chi connectivity index (χ3v) is 9.53. The van der Waals surface area contributed by atoms with E-state index in [9.17, 15) is 0 Å². The highest BCUT2D eigenvalue weighted by Gasteiger charge is 2.17. The topological polar surface area (TPSA) is 42.4 Å². The van der Waals surface area contributed by atoms with Gasteiger partial charge >= 0.3 is 0 Å². The second kappa shape index (κ2) is 11.0. The van der Waals surface area contributed by atoms with Crippen LogP contribution in [0.4, 0.5) is 17.1 Å². The monoisotopic (exact) mass is 628 g/mol. The Bertz CT molecular complexity index is 2820. The maximum absolute atomic E-state index is 6.32. The molecule has 49 heavy (non-hydrogen) atoms. The molecule has 3 aromatic heterocycles.